The zero-order valence-electron chi connectivity index (χ0n) is 27.3. The van der Waals surface area contributed by atoms with Crippen LogP contribution in [0.3, 0.4) is 0 Å². The molecular formula is C41H31N7O2. The van der Waals surface area contributed by atoms with Gasteiger partial charge < -0.3 is 20.9 Å². The number of nitrogens with zero attached hydrogens (tertiary/aromatic N) is 4. The molecule has 0 radical (unpaired) electrons. The fourth-order valence-electron chi connectivity index (χ4n) is 5.84. The van der Waals surface area contributed by atoms with Crippen LogP contribution in [0.1, 0.15) is 31.8 Å². The number of carbonyl (C=O) groups is 2. The molecule has 0 aliphatic carbocycles. The number of ketones is 1. The van der Waals surface area contributed by atoms with Crippen LogP contribution in [0, 0.1) is 11.3 Å². The maximum atomic E-state index is 13.6. The van der Waals surface area contributed by atoms with E-state index in [1.165, 1.54) is 0 Å². The topological polar surface area (TPSA) is 141 Å². The molecule has 9 heteroatoms. The van der Waals surface area contributed by atoms with E-state index in [2.05, 4.69) is 21.4 Å². The minimum atomic E-state index is -0.307. The first-order valence-corrected chi connectivity index (χ1v) is 15.9. The van der Waals surface area contributed by atoms with Crippen LogP contribution in [0.15, 0.2) is 127 Å². The molecule has 4 N–H and O–H groups in total. The largest absolute Gasteiger partial charge is 0.383 e. The van der Waals surface area contributed by atoms with E-state index in [0.29, 0.717) is 61.6 Å². The number of nitrogens with two attached hydrogens (primary N) is 1. The molecule has 1 amide bonds. The summed E-state index contributed by atoms with van der Waals surface area (Å²) in [6.07, 6.45) is 0. The highest BCUT2D eigenvalue weighted by Crippen LogP contribution is 2.33. The van der Waals surface area contributed by atoms with Crippen LogP contribution in [0.2, 0.25) is 0 Å². The summed E-state index contributed by atoms with van der Waals surface area (Å²) >= 11 is 0. The van der Waals surface area contributed by atoms with Gasteiger partial charge in [0.15, 0.2) is 5.78 Å². The average Bonchev–Trinajstić information content (AvgIpc) is 3.58. The van der Waals surface area contributed by atoms with Crippen molar-refractivity contribution < 1.29 is 9.59 Å². The smallest absolute Gasteiger partial charge is 0.256 e. The first-order valence-electron chi connectivity index (χ1n) is 15.9. The van der Waals surface area contributed by atoms with Gasteiger partial charge >= 0.3 is 0 Å². The zero-order valence-corrected chi connectivity index (χ0v) is 27.3. The van der Waals surface area contributed by atoms with Gasteiger partial charge in [-0.25, -0.2) is 9.97 Å². The summed E-state index contributed by atoms with van der Waals surface area (Å²) in [5.41, 5.74) is 14.7. The molecule has 0 unspecified atom stereocenters. The SMILES string of the molecule is CN(C)c1ccc(-c2cc(-c3ccc(NC(=O)c4ccccc4-c4nc5ccc(C(=O)c6ccccc6)cc5[nH]4)cc3)nc(N)c2C#N)cc1. The van der Waals surface area contributed by atoms with Crippen molar-refractivity contribution >= 4 is 39.9 Å². The molecule has 0 saturated heterocycles. The Bertz CT molecular complexity index is 2430. The highest BCUT2D eigenvalue weighted by molar-refractivity contribution is 6.11. The van der Waals surface area contributed by atoms with Gasteiger partial charge in [0, 0.05) is 53.3 Å². The number of hydrogen-bond donors (Lipinski definition) is 3. The highest BCUT2D eigenvalue weighted by atomic mass is 16.1. The summed E-state index contributed by atoms with van der Waals surface area (Å²) in [6.45, 7) is 0. The Morgan fingerprint density at radius 2 is 1.46 bits per heavy atom. The first-order chi connectivity index (χ1) is 24.3. The van der Waals surface area contributed by atoms with Crippen molar-refractivity contribution in [1.82, 2.24) is 15.0 Å². The zero-order chi connectivity index (χ0) is 34.8. The molecule has 0 fully saturated rings. The highest BCUT2D eigenvalue weighted by Gasteiger charge is 2.18. The van der Waals surface area contributed by atoms with Crippen molar-refractivity contribution in [3.05, 3.63) is 150 Å². The number of benzene rings is 5. The van der Waals surface area contributed by atoms with Crippen molar-refractivity contribution in [3.63, 3.8) is 0 Å². The maximum absolute atomic E-state index is 13.6. The molecule has 2 heterocycles. The predicted molar refractivity (Wildman–Crippen MR) is 198 cm³/mol. The summed E-state index contributed by atoms with van der Waals surface area (Å²) in [7, 11) is 3.94. The molecule has 7 rings (SSSR count). The third kappa shape index (κ3) is 6.17. The van der Waals surface area contributed by atoms with Crippen LogP contribution in [0.4, 0.5) is 17.2 Å². The number of imidazole rings is 1. The molecule has 242 valence electrons. The van der Waals surface area contributed by atoms with Gasteiger partial charge in [-0.15, -0.1) is 0 Å². The van der Waals surface area contributed by atoms with Gasteiger partial charge in [-0.1, -0.05) is 72.8 Å². The van der Waals surface area contributed by atoms with Crippen molar-refractivity contribution in [1.29, 1.82) is 5.26 Å². The molecule has 0 aliphatic rings. The molecule has 9 nitrogen and oxygen atoms in total. The van der Waals surface area contributed by atoms with Gasteiger partial charge in [-0.3, -0.25) is 9.59 Å². The monoisotopic (exact) mass is 653 g/mol. The fraction of sp³-hybridized carbons (Fsp3) is 0.0488. The lowest BCUT2D eigenvalue weighted by molar-refractivity contribution is 0.102. The molecule has 0 spiro atoms. The number of fused-ring (bicyclic) bond motifs is 1. The summed E-state index contributed by atoms with van der Waals surface area (Å²) in [5.74, 6) is 0.276. The second kappa shape index (κ2) is 13.2. The number of aromatic amines is 1. The Morgan fingerprint density at radius 1 is 0.760 bits per heavy atom. The quantitative estimate of drug-likeness (QED) is 0.141. The summed E-state index contributed by atoms with van der Waals surface area (Å²) in [4.78, 5) is 41.2. The van der Waals surface area contributed by atoms with Gasteiger partial charge in [-0.05, 0) is 60.2 Å². The molecule has 0 saturated carbocycles. The number of pyridine rings is 1. The number of rotatable bonds is 8. The van der Waals surface area contributed by atoms with E-state index in [9.17, 15) is 14.9 Å². The minimum absolute atomic E-state index is 0.0803. The van der Waals surface area contributed by atoms with E-state index in [-0.39, 0.29) is 17.5 Å². The van der Waals surface area contributed by atoms with E-state index in [1.807, 2.05) is 91.8 Å². The normalized spacial score (nSPS) is 10.8. The Kier molecular flexibility index (Phi) is 8.34. The van der Waals surface area contributed by atoms with Crippen LogP contribution >= 0.6 is 0 Å². The molecule has 7 aromatic rings. The number of nitrogen functional groups attached to an aromatic ring is 1. The lowest BCUT2D eigenvalue weighted by atomic mass is 9.98. The molecule has 0 bridgehead atoms. The van der Waals surface area contributed by atoms with Crippen LogP contribution in [-0.2, 0) is 0 Å². The Morgan fingerprint density at radius 3 is 2.18 bits per heavy atom. The lowest BCUT2D eigenvalue weighted by Crippen LogP contribution is -2.13. The van der Waals surface area contributed by atoms with E-state index in [4.69, 9.17) is 10.7 Å². The number of hydrogen-bond acceptors (Lipinski definition) is 7. The standard InChI is InChI=1S/C41H31N7O2/c1-48(2)30-19-14-25(15-20-30)33-23-36(45-39(43)34(33)24-42)26-12-17-29(18-13-26)44-41(50)32-11-7-6-10-31(32)40-46-35-21-16-28(22-37(35)47-40)38(49)27-8-4-3-5-9-27/h3-23H,1-2H3,(H2,43,45)(H,44,50)(H,46,47). The van der Waals surface area contributed by atoms with Crippen molar-refractivity contribution in [2.45, 2.75) is 0 Å². The molecule has 5 aromatic carbocycles. The van der Waals surface area contributed by atoms with Gasteiger partial charge in [0.25, 0.3) is 5.91 Å². The molecule has 0 aliphatic heterocycles. The van der Waals surface area contributed by atoms with Crippen molar-refractivity contribution in [2.75, 3.05) is 30.0 Å². The van der Waals surface area contributed by atoms with Gasteiger partial charge in [0.05, 0.1) is 22.3 Å². The second-order valence-corrected chi connectivity index (χ2v) is 12.0. The number of aromatic nitrogens is 3. The summed E-state index contributed by atoms with van der Waals surface area (Å²) in [5, 5.41) is 12.8. The van der Waals surface area contributed by atoms with Gasteiger partial charge in [0.2, 0.25) is 0 Å². The number of nitriles is 1. The predicted octanol–water partition coefficient (Wildman–Crippen LogP) is 7.96. The van der Waals surface area contributed by atoms with E-state index in [0.717, 1.165) is 16.8 Å². The number of H-pyrrole nitrogens is 1. The number of anilines is 3. The Labute approximate surface area is 288 Å². The van der Waals surface area contributed by atoms with E-state index >= 15 is 0 Å². The first kappa shape index (κ1) is 31.5. The van der Waals surface area contributed by atoms with Crippen LogP contribution in [-0.4, -0.2) is 40.7 Å². The summed E-state index contributed by atoms with van der Waals surface area (Å²) < 4.78 is 0. The molecule has 2 aromatic heterocycles. The average molecular weight is 654 g/mol. The number of amides is 1. The summed E-state index contributed by atoms with van der Waals surface area (Å²) in [6, 6.07) is 40.9. The number of nitrogens with one attached hydrogen (secondary N) is 2. The fourth-order valence-corrected chi connectivity index (χ4v) is 5.84. The molecule has 0 atom stereocenters. The van der Waals surface area contributed by atoms with E-state index < -0.39 is 0 Å². The van der Waals surface area contributed by atoms with Gasteiger partial charge in [0.1, 0.15) is 23.3 Å². The van der Waals surface area contributed by atoms with Crippen LogP contribution in [0.25, 0.3) is 44.8 Å². The second-order valence-electron chi connectivity index (χ2n) is 12.0. The van der Waals surface area contributed by atoms with Crippen LogP contribution < -0.4 is 16.0 Å². The third-order valence-corrected chi connectivity index (χ3v) is 8.50. The Balaban J connectivity index is 1.12. The lowest BCUT2D eigenvalue weighted by Gasteiger charge is -2.14. The van der Waals surface area contributed by atoms with Crippen molar-refractivity contribution in [2.24, 2.45) is 0 Å². The van der Waals surface area contributed by atoms with Crippen LogP contribution in [0.5, 0.6) is 0 Å². The van der Waals surface area contributed by atoms with Crippen molar-refractivity contribution in [3.8, 4) is 39.8 Å². The Hall–Kier alpha value is -7.05. The van der Waals surface area contributed by atoms with Gasteiger partial charge in [-0.2, -0.15) is 5.26 Å². The van der Waals surface area contributed by atoms with E-state index in [1.54, 1.807) is 54.6 Å². The maximum Gasteiger partial charge on any atom is 0.256 e. The molecular weight excluding hydrogens is 622 g/mol. The third-order valence-electron chi connectivity index (χ3n) is 8.50. The molecule has 50 heavy (non-hydrogen) atoms. The minimum Gasteiger partial charge on any atom is -0.383 e. The number of carbonyl (C=O) groups excluding carboxylic acids is 2.